The summed E-state index contributed by atoms with van der Waals surface area (Å²) in [5.41, 5.74) is 2.23. The number of carbonyl (C=O) groups excluding carboxylic acids is 2. The number of Topliss-reactive ketones (excluding diaryl/α,β-unsaturated/α-hetero) is 1. The molecule has 0 spiro atoms. The van der Waals surface area contributed by atoms with Crippen molar-refractivity contribution >= 4 is 34.7 Å². The van der Waals surface area contributed by atoms with Crippen LogP contribution in [0.5, 0.6) is 23.0 Å². The highest BCUT2D eigenvalue weighted by atomic mass is 35.5. The molecular weight excluding hydrogens is 510 g/mol. The molecule has 38 heavy (non-hydrogen) atoms. The van der Waals surface area contributed by atoms with Gasteiger partial charge in [0.05, 0.1) is 36.4 Å². The molecule has 1 fully saturated rings. The Morgan fingerprint density at radius 2 is 1.66 bits per heavy atom. The summed E-state index contributed by atoms with van der Waals surface area (Å²) in [5, 5.41) is 11.8. The van der Waals surface area contributed by atoms with Gasteiger partial charge in [0.15, 0.2) is 11.5 Å². The number of methoxy groups -OCH3 is 2. The van der Waals surface area contributed by atoms with Gasteiger partial charge >= 0.3 is 0 Å². The predicted octanol–water partition coefficient (Wildman–Crippen LogP) is 5.84. The molecule has 0 aliphatic carbocycles. The van der Waals surface area contributed by atoms with E-state index in [-0.39, 0.29) is 34.6 Å². The standard InChI is InChI=1S/C29H26ClNO7/c1-15(2)16-5-7-17(8-6-16)26-25(27(32)19-12-20(30)23(36-4)13-22(19)35-3)28(33)29(34)31(26)18-9-10-21-24(11-18)38-14-37-21/h5-13,15,26,32H,14H2,1-4H3/b27-25+. The minimum atomic E-state index is -0.929. The largest absolute Gasteiger partial charge is 0.507 e. The SMILES string of the molecule is COc1cc(OC)c(/C(O)=C2\C(=O)C(=O)N(c3ccc4c(c3)OCO4)C2c2ccc(C(C)C)cc2)cc1Cl. The number of ketones is 1. The summed E-state index contributed by atoms with van der Waals surface area (Å²) in [6.07, 6.45) is 0. The molecule has 1 unspecified atom stereocenters. The Hall–Kier alpha value is -4.17. The van der Waals surface area contributed by atoms with E-state index < -0.39 is 23.5 Å². The average molecular weight is 536 g/mol. The Kier molecular flexibility index (Phi) is 6.67. The van der Waals surface area contributed by atoms with Crippen LogP contribution in [-0.2, 0) is 9.59 Å². The molecule has 1 amide bonds. The van der Waals surface area contributed by atoms with E-state index in [1.165, 1.54) is 31.3 Å². The van der Waals surface area contributed by atoms with Crippen LogP contribution in [0.1, 0.15) is 42.5 Å². The molecule has 2 heterocycles. The molecule has 0 radical (unpaired) electrons. The third kappa shape index (κ3) is 4.20. The van der Waals surface area contributed by atoms with Crippen LogP contribution in [0.15, 0.2) is 60.2 Å². The third-order valence-corrected chi connectivity index (χ3v) is 7.02. The van der Waals surface area contributed by atoms with Crippen LogP contribution < -0.4 is 23.8 Å². The lowest BCUT2D eigenvalue weighted by Gasteiger charge is -2.26. The number of halogens is 1. The molecule has 1 atom stereocenters. The fourth-order valence-corrected chi connectivity index (χ4v) is 4.94. The van der Waals surface area contributed by atoms with Crippen LogP contribution >= 0.6 is 11.6 Å². The molecule has 1 N–H and O–H groups in total. The van der Waals surface area contributed by atoms with Crippen molar-refractivity contribution in [2.45, 2.75) is 25.8 Å². The summed E-state index contributed by atoms with van der Waals surface area (Å²) >= 11 is 6.35. The van der Waals surface area contributed by atoms with E-state index in [0.29, 0.717) is 28.5 Å². The van der Waals surface area contributed by atoms with Gasteiger partial charge in [-0.25, -0.2) is 0 Å². The van der Waals surface area contributed by atoms with Gasteiger partial charge in [0.1, 0.15) is 17.3 Å². The monoisotopic (exact) mass is 535 g/mol. The number of aliphatic hydroxyl groups excluding tert-OH is 1. The number of anilines is 1. The van der Waals surface area contributed by atoms with E-state index in [1.54, 1.807) is 18.2 Å². The number of aliphatic hydroxyl groups is 1. The second kappa shape index (κ2) is 9.95. The summed E-state index contributed by atoms with van der Waals surface area (Å²) in [5.74, 6) is -0.189. The smallest absolute Gasteiger partial charge is 0.300 e. The van der Waals surface area contributed by atoms with Gasteiger partial charge in [-0.1, -0.05) is 49.7 Å². The van der Waals surface area contributed by atoms with Crippen LogP contribution in [0.3, 0.4) is 0 Å². The van der Waals surface area contributed by atoms with Crippen molar-refractivity contribution in [1.82, 2.24) is 0 Å². The highest BCUT2D eigenvalue weighted by molar-refractivity contribution is 6.51. The Labute approximate surface area is 224 Å². The summed E-state index contributed by atoms with van der Waals surface area (Å²) < 4.78 is 21.6. The average Bonchev–Trinajstić information content (AvgIpc) is 3.49. The van der Waals surface area contributed by atoms with Gasteiger partial charge in [0, 0.05) is 17.8 Å². The van der Waals surface area contributed by atoms with Gasteiger partial charge in [-0.05, 0) is 35.2 Å². The fraction of sp³-hybridized carbons (Fsp3) is 0.241. The zero-order chi connectivity index (χ0) is 27.1. The third-order valence-electron chi connectivity index (χ3n) is 6.73. The van der Waals surface area contributed by atoms with Crippen LogP contribution in [0.4, 0.5) is 5.69 Å². The lowest BCUT2D eigenvalue weighted by molar-refractivity contribution is -0.132. The molecule has 0 saturated carbocycles. The number of ether oxygens (including phenoxy) is 4. The van der Waals surface area contributed by atoms with Crippen molar-refractivity contribution in [3.63, 3.8) is 0 Å². The quantitative estimate of drug-likeness (QED) is 0.241. The van der Waals surface area contributed by atoms with Crippen LogP contribution in [-0.4, -0.2) is 37.8 Å². The van der Waals surface area contributed by atoms with Crippen LogP contribution in [0, 0.1) is 0 Å². The molecule has 196 valence electrons. The lowest BCUT2D eigenvalue weighted by atomic mass is 9.93. The highest BCUT2D eigenvalue weighted by Gasteiger charge is 2.47. The van der Waals surface area contributed by atoms with E-state index in [1.807, 2.05) is 24.3 Å². The number of fused-ring (bicyclic) bond motifs is 1. The Morgan fingerprint density at radius 3 is 2.32 bits per heavy atom. The molecule has 2 aliphatic rings. The van der Waals surface area contributed by atoms with Crippen molar-refractivity contribution in [2.24, 2.45) is 0 Å². The maximum absolute atomic E-state index is 13.5. The highest BCUT2D eigenvalue weighted by Crippen LogP contribution is 2.46. The first-order valence-corrected chi connectivity index (χ1v) is 12.3. The molecule has 3 aromatic carbocycles. The van der Waals surface area contributed by atoms with Gasteiger partial charge < -0.3 is 24.1 Å². The van der Waals surface area contributed by atoms with Gasteiger partial charge in [-0.2, -0.15) is 0 Å². The Morgan fingerprint density at radius 1 is 0.974 bits per heavy atom. The molecular formula is C29H26ClNO7. The van der Waals surface area contributed by atoms with Gasteiger partial charge in [0.2, 0.25) is 6.79 Å². The first-order valence-electron chi connectivity index (χ1n) is 12.0. The number of hydrogen-bond acceptors (Lipinski definition) is 7. The summed E-state index contributed by atoms with van der Waals surface area (Å²) in [4.78, 5) is 28.4. The number of hydrogen-bond donors (Lipinski definition) is 1. The summed E-state index contributed by atoms with van der Waals surface area (Å²) in [7, 11) is 2.88. The number of carbonyl (C=O) groups is 2. The van der Waals surface area contributed by atoms with Crippen molar-refractivity contribution in [3.05, 3.63) is 81.9 Å². The normalized spacial score (nSPS) is 17.8. The van der Waals surface area contributed by atoms with Crippen LogP contribution in [0.25, 0.3) is 5.76 Å². The minimum Gasteiger partial charge on any atom is -0.507 e. The fourth-order valence-electron chi connectivity index (χ4n) is 4.70. The molecule has 0 aromatic heterocycles. The lowest BCUT2D eigenvalue weighted by Crippen LogP contribution is -2.29. The second-order valence-electron chi connectivity index (χ2n) is 9.22. The predicted molar refractivity (Wildman–Crippen MR) is 142 cm³/mol. The second-order valence-corrected chi connectivity index (χ2v) is 9.62. The molecule has 1 saturated heterocycles. The maximum atomic E-state index is 13.5. The molecule has 3 aromatic rings. The zero-order valence-electron chi connectivity index (χ0n) is 21.3. The molecule has 9 heteroatoms. The molecule has 8 nitrogen and oxygen atoms in total. The number of nitrogens with zero attached hydrogens (tertiary/aromatic N) is 1. The molecule has 5 rings (SSSR count). The van der Waals surface area contributed by atoms with E-state index in [4.69, 9.17) is 30.5 Å². The van der Waals surface area contributed by atoms with Crippen molar-refractivity contribution in [3.8, 4) is 23.0 Å². The van der Waals surface area contributed by atoms with Gasteiger partial charge in [0.25, 0.3) is 11.7 Å². The van der Waals surface area contributed by atoms with Crippen molar-refractivity contribution in [1.29, 1.82) is 0 Å². The zero-order valence-corrected chi connectivity index (χ0v) is 22.0. The topological polar surface area (TPSA) is 94.5 Å². The first-order chi connectivity index (χ1) is 18.2. The van der Waals surface area contributed by atoms with Crippen molar-refractivity contribution in [2.75, 3.05) is 25.9 Å². The molecule has 2 aliphatic heterocycles. The first kappa shape index (κ1) is 25.5. The number of amides is 1. The van der Waals surface area contributed by atoms with Crippen LogP contribution in [0.2, 0.25) is 5.02 Å². The number of rotatable bonds is 6. The minimum absolute atomic E-state index is 0.0652. The van der Waals surface area contributed by atoms with E-state index in [0.717, 1.165) is 5.56 Å². The molecule has 0 bridgehead atoms. The summed E-state index contributed by atoms with van der Waals surface area (Å²) in [6.45, 7) is 4.22. The summed E-state index contributed by atoms with van der Waals surface area (Å²) in [6, 6.07) is 14.7. The van der Waals surface area contributed by atoms with E-state index >= 15 is 0 Å². The van der Waals surface area contributed by atoms with E-state index in [2.05, 4.69) is 13.8 Å². The Balaban J connectivity index is 1.73. The van der Waals surface area contributed by atoms with E-state index in [9.17, 15) is 14.7 Å². The Bertz CT molecular complexity index is 1460. The maximum Gasteiger partial charge on any atom is 0.300 e. The number of benzene rings is 3. The van der Waals surface area contributed by atoms with Crippen molar-refractivity contribution < 1.29 is 33.6 Å². The van der Waals surface area contributed by atoms with Gasteiger partial charge in [-0.15, -0.1) is 0 Å². The van der Waals surface area contributed by atoms with Gasteiger partial charge in [-0.3, -0.25) is 14.5 Å².